The molecule has 0 saturated carbocycles. The Morgan fingerprint density at radius 3 is 2.70 bits per heavy atom. The van der Waals surface area contributed by atoms with Crippen molar-refractivity contribution in [2.75, 3.05) is 13.2 Å². The minimum absolute atomic E-state index is 0.152. The zero-order valence-corrected chi connectivity index (χ0v) is 14.3. The Balaban J connectivity index is 1.69. The van der Waals surface area contributed by atoms with Crippen LogP contribution < -0.4 is 5.32 Å². The summed E-state index contributed by atoms with van der Waals surface area (Å²) in [6, 6.07) is 10.9. The van der Waals surface area contributed by atoms with E-state index in [4.69, 9.17) is 5.11 Å². The summed E-state index contributed by atoms with van der Waals surface area (Å²) in [5.41, 5.74) is 1.09. The summed E-state index contributed by atoms with van der Waals surface area (Å²) in [5.74, 6) is -2.31. The van der Waals surface area contributed by atoms with Crippen LogP contribution in [0, 0.1) is 11.7 Å². The van der Waals surface area contributed by atoms with Gasteiger partial charge in [0, 0.05) is 30.0 Å². The monoisotopic (exact) mass is 371 g/mol. The van der Waals surface area contributed by atoms with Crippen molar-refractivity contribution in [1.29, 1.82) is 0 Å². The summed E-state index contributed by atoms with van der Waals surface area (Å²) in [6.45, 7) is -0.0581. The maximum absolute atomic E-state index is 13.7. The standard InChI is InChI=1S/C19H18FN3O4/c20-15-4-2-1-3-12(15)7-11(10-24)9-21-18(25)13-5-6-16-14(8-13)17(19(26)27)23-22-16/h1-6,8,11,24H,7,9-10H2,(H,21,25)(H,22,23)(H,26,27). The Labute approximate surface area is 153 Å². The quantitative estimate of drug-likeness (QED) is 0.507. The third-order valence-electron chi connectivity index (χ3n) is 4.30. The number of carbonyl (C=O) groups excluding carboxylic acids is 1. The molecule has 0 aliphatic carbocycles. The fourth-order valence-corrected chi connectivity index (χ4v) is 2.83. The average Bonchev–Trinajstić information content (AvgIpc) is 3.09. The summed E-state index contributed by atoms with van der Waals surface area (Å²) in [6.07, 6.45) is 0.285. The number of halogens is 1. The first kappa shape index (κ1) is 18.5. The Bertz CT molecular complexity index is 986. The van der Waals surface area contributed by atoms with E-state index in [0.29, 0.717) is 16.5 Å². The smallest absolute Gasteiger partial charge is 0.357 e. The molecule has 1 unspecified atom stereocenters. The second-order valence-electron chi connectivity index (χ2n) is 6.19. The fraction of sp³-hybridized carbons (Fsp3) is 0.211. The number of aromatic nitrogens is 2. The number of H-pyrrole nitrogens is 1. The Morgan fingerprint density at radius 1 is 1.22 bits per heavy atom. The van der Waals surface area contributed by atoms with Gasteiger partial charge in [-0.15, -0.1) is 0 Å². The van der Waals surface area contributed by atoms with Crippen molar-refractivity contribution >= 4 is 22.8 Å². The van der Waals surface area contributed by atoms with Gasteiger partial charge in [-0.1, -0.05) is 18.2 Å². The lowest BCUT2D eigenvalue weighted by Crippen LogP contribution is -2.32. The Hall–Kier alpha value is -3.26. The SMILES string of the molecule is O=C(NCC(CO)Cc1ccccc1F)c1ccc2[nH]nc(C(=O)O)c2c1. The highest BCUT2D eigenvalue weighted by Gasteiger charge is 2.17. The topological polar surface area (TPSA) is 115 Å². The molecule has 0 radical (unpaired) electrons. The van der Waals surface area contributed by atoms with Gasteiger partial charge in [0.05, 0.1) is 5.52 Å². The maximum Gasteiger partial charge on any atom is 0.357 e. The van der Waals surface area contributed by atoms with Gasteiger partial charge in [-0.05, 0) is 36.2 Å². The molecule has 27 heavy (non-hydrogen) atoms. The molecule has 1 atom stereocenters. The third kappa shape index (κ3) is 4.12. The molecule has 4 N–H and O–H groups in total. The summed E-state index contributed by atoms with van der Waals surface area (Å²) in [7, 11) is 0. The number of nitrogens with one attached hydrogen (secondary N) is 2. The molecule has 1 amide bonds. The number of carboxylic acid groups (broad SMARTS) is 1. The first-order chi connectivity index (χ1) is 13.0. The molecule has 8 heteroatoms. The minimum atomic E-state index is -1.19. The molecule has 0 aliphatic rings. The number of aromatic amines is 1. The molecule has 3 rings (SSSR count). The number of hydrogen-bond acceptors (Lipinski definition) is 4. The van der Waals surface area contributed by atoms with Gasteiger partial charge in [0.2, 0.25) is 0 Å². The first-order valence-corrected chi connectivity index (χ1v) is 8.33. The number of aliphatic hydroxyl groups excluding tert-OH is 1. The molecule has 7 nitrogen and oxygen atoms in total. The second-order valence-corrected chi connectivity index (χ2v) is 6.19. The highest BCUT2D eigenvalue weighted by atomic mass is 19.1. The van der Waals surface area contributed by atoms with Crippen molar-refractivity contribution in [3.63, 3.8) is 0 Å². The number of rotatable bonds is 7. The number of carboxylic acids is 1. The molecule has 140 valence electrons. The molecule has 0 spiro atoms. The predicted octanol–water partition coefficient (Wildman–Crippen LogP) is 1.98. The van der Waals surface area contributed by atoms with Crippen LogP contribution in [0.2, 0.25) is 0 Å². The minimum Gasteiger partial charge on any atom is -0.476 e. The van der Waals surface area contributed by atoms with Crippen molar-refractivity contribution in [2.45, 2.75) is 6.42 Å². The van der Waals surface area contributed by atoms with Crippen LogP contribution in [-0.4, -0.2) is 45.4 Å². The maximum atomic E-state index is 13.7. The number of fused-ring (bicyclic) bond motifs is 1. The van der Waals surface area contributed by atoms with E-state index in [0.717, 1.165) is 0 Å². The van der Waals surface area contributed by atoms with E-state index in [1.807, 2.05) is 0 Å². The van der Waals surface area contributed by atoms with Crippen molar-refractivity contribution < 1.29 is 24.2 Å². The van der Waals surface area contributed by atoms with E-state index in [9.17, 15) is 19.1 Å². The highest BCUT2D eigenvalue weighted by Crippen LogP contribution is 2.18. The van der Waals surface area contributed by atoms with Gasteiger partial charge in [0.1, 0.15) is 5.82 Å². The van der Waals surface area contributed by atoms with Crippen LogP contribution in [0.3, 0.4) is 0 Å². The van der Waals surface area contributed by atoms with Gasteiger partial charge < -0.3 is 15.5 Å². The Kier molecular flexibility index (Phi) is 5.46. The van der Waals surface area contributed by atoms with E-state index < -0.39 is 11.9 Å². The lowest BCUT2D eigenvalue weighted by atomic mass is 9.99. The van der Waals surface area contributed by atoms with Gasteiger partial charge in [-0.2, -0.15) is 5.10 Å². The number of benzene rings is 2. The molecular weight excluding hydrogens is 353 g/mol. The Morgan fingerprint density at radius 2 is 2.00 bits per heavy atom. The summed E-state index contributed by atoms with van der Waals surface area (Å²) in [4.78, 5) is 23.6. The van der Waals surface area contributed by atoms with Crippen LogP contribution in [0.1, 0.15) is 26.4 Å². The van der Waals surface area contributed by atoms with Crippen LogP contribution in [0.4, 0.5) is 4.39 Å². The summed E-state index contributed by atoms with van der Waals surface area (Å²) >= 11 is 0. The van der Waals surface area contributed by atoms with Gasteiger partial charge >= 0.3 is 5.97 Å². The van der Waals surface area contributed by atoms with Gasteiger partial charge in [-0.3, -0.25) is 9.89 Å². The molecule has 3 aromatic rings. The van der Waals surface area contributed by atoms with Crippen molar-refractivity contribution in [3.05, 3.63) is 65.1 Å². The van der Waals surface area contributed by atoms with Crippen LogP contribution in [-0.2, 0) is 6.42 Å². The zero-order valence-electron chi connectivity index (χ0n) is 14.3. The summed E-state index contributed by atoms with van der Waals surface area (Å²) in [5, 5.41) is 28.0. The molecule has 0 bridgehead atoms. The molecule has 1 aromatic heterocycles. The molecule has 0 fully saturated rings. The number of nitrogens with zero attached hydrogens (tertiary/aromatic N) is 1. The van der Waals surface area contributed by atoms with Crippen LogP contribution in [0.5, 0.6) is 0 Å². The zero-order chi connectivity index (χ0) is 19.4. The highest BCUT2D eigenvalue weighted by molar-refractivity contribution is 6.04. The van der Waals surface area contributed by atoms with E-state index in [1.165, 1.54) is 12.1 Å². The van der Waals surface area contributed by atoms with Crippen LogP contribution >= 0.6 is 0 Å². The van der Waals surface area contributed by atoms with Crippen molar-refractivity contribution in [3.8, 4) is 0 Å². The first-order valence-electron chi connectivity index (χ1n) is 8.33. The average molecular weight is 371 g/mol. The second kappa shape index (κ2) is 7.96. The molecule has 0 aliphatic heterocycles. The van der Waals surface area contributed by atoms with E-state index in [1.54, 1.807) is 30.3 Å². The predicted molar refractivity (Wildman–Crippen MR) is 96.1 cm³/mol. The molecule has 1 heterocycles. The summed E-state index contributed by atoms with van der Waals surface area (Å²) < 4.78 is 13.7. The normalized spacial score (nSPS) is 12.1. The number of hydrogen-bond donors (Lipinski definition) is 4. The molecule has 0 saturated heterocycles. The molecule has 2 aromatic carbocycles. The largest absolute Gasteiger partial charge is 0.476 e. The van der Waals surface area contributed by atoms with Gasteiger partial charge in [-0.25, -0.2) is 9.18 Å². The van der Waals surface area contributed by atoms with Crippen LogP contribution in [0.15, 0.2) is 42.5 Å². The number of aliphatic hydroxyl groups is 1. The lowest BCUT2D eigenvalue weighted by molar-refractivity contribution is 0.0692. The van der Waals surface area contributed by atoms with Gasteiger partial charge in [0.25, 0.3) is 5.91 Å². The van der Waals surface area contributed by atoms with E-state index >= 15 is 0 Å². The van der Waals surface area contributed by atoms with Crippen molar-refractivity contribution in [1.82, 2.24) is 15.5 Å². The lowest BCUT2D eigenvalue weighted by Gasteiger charge is -2.15. The van der Waals surface area contributed by atoms with Gasteiger partial charge in [0.15, 0.2) is 5.69 Å². The number of aromatic carboxylic acids is 1. The third-order valence-corrected chi connectivity index (χ3v) is 4.30. The fourth-order valence-electron chi connectivity index (χ4n) is 2.83. The molecular formula is C19H18FN3O4. The van der Waals surface area contributed by atoms with E-state index in [-0.39, 0.29) is 42.6 Å². The van der Waals surface area contributed by atoms with E-state index in [2.05, 4.69) is 15.5 Å². The number of carbonyl (C=O) groups is 2. The van der Waals surface area contributed by atoms with Crippen LogP contribution in [0.25, 0.3) is 10.9 Å². The van der Waals surface area contributed by atoms with Crippen molar-refractivity contribution in [2.24, 2.45) is 5.92 Å². The number of amides is 1.